The summed E-state index contributed by atoms with van der Waals surface area (Å²) in [7, 11) is 3.68. The summed E-state index contributed by atoms with van der Waals surface area (Å²) in [6.45, 7) is 3.59. The molecule has 40 nitrogen and oxygen atoms in total. The lowest BCUT2D eigenvalue weighted by Gasteiger charge is -2.44. The van der Waals surface area contributed by atoms with Crippen LogP contribution in [-0.4, -0.2) is 238 Å². The highest BCUT2D eigenvalue weighted by Crippen LogP contribution is 2.41. The molecular formula is C97H79N13O27S5. The summed E-state index contributed by atoms with van der Waals surface area (Å²) >= 11 is 5.78. The van der Waals surface area contributed by atoms with Gasteiger partial charge in [-0.3, -0.25) is 48.1 Å². The van der Waals surface area contributed by atoms with E-state index in [0.717, 1.165) is 87.5 Å². The lowest BCUT2D eigenvalue weighted by Crippen LogP contribution is -2.60. The number of esters is 7. The van der Waals surface area contributed by atoms with Crippen molar-refractivity contribution in [1.82, 2.24) is 64.0 Å². The average molecular weight is 2020 g/mol. The summed E-state index contributed by atoms with van der Waals surface area (Å²) in [4.78, 5) is 191. The molecule has 2 fully saturated rings. The van der Waals surface area contributed by atoms with Gasteiger partial charge in [0.05, 0.1) is 78.7 Å². The van der Waals surface area contributed by atoms with E-state index in [9.17, 15) is 78.0 Å². The zero-order chi connectivity index (χ0) is 100. The number of pyridine rings is 1. The smallest absolute Gasteiger partial charge is 0.360 e. The van der Waals surface area contributed by atoms with Gasteiger partial charge in [0.2, 0.25) is 40.7 Å². The number of H-pyrrole nitrogens is 3. The summed E-state index contributed by atoms with van der Waals surface area (Å²) in [5.41, 5.74) is 8.53. The fraction of sp³-hybridized carbons (Fsp3) is 0.196. The van der Waals surface area contributed by atoms with Gasteiger partial charge in [-0.05, 0) is 42.5 Å². The SMILES string of the molecule is COC(=O)c1coc(-c2csc(C(=O)c3c[nH]c4ccccc34)n2)n1.COC(=O)c1csc(C(=O)c2cn(C3OC(CO)C(O)C(O)C3O)c3ccccc23)n1.COC(=O)c1csc(C(=O)c2cn(C3OC(COC(C)=O)C(OC(C)=O)C(OC(C)=O)C3OC(C)=O)c3ccccc23)n1.O=C(c1nc(-c2ccccn2)cs1)c1c[nH]c2ccccc12.O=C(c1nc(-c2ncco2)cs1)c1c[nH]c2ccccc12. The first-order valence-corrected chi connectivity index (χ1v) is 47.0. The molecule has 142 heavy (non-hydrogen) atoms. The number of thiazole rings is 5. The largest absolute Gasteiger partial charge is 0.464 e. The number of carbonyl (C=O) groups is 12. The molecule has 0 radical (unpaired) electrons. The molecule has 45 heteroatoms. The lowest BCUT2D eigenvalue weighted by atomic mass is 9.97. The molecule has 13 aromatic heterocycles. The maximum Gasteiger partial charge on any atom is 0.360 e. The van der Waals surface area contributed by atoms with Gasteiger partial charge in [0.1, 0.15) is 66.7 Å². The molecule has 724 valence electrons. The van der Waals surface area contributed by atoms with E-state index >= 15 is 0 Å². The van der Waals surface area contributed by atoms with E-state index < -0.39 is 128 Å². The molecule has 0 amide bonds. The number of hydrogen-bond acceptors (Lipinski definition) is 40. The van der Waals surface area contributed by atoms with Gasteiger partial charge >= 0.3 is 41.8 Å². The summed E-state index contributed by atoms with van der Waals surface area (Å²) in [6.07, 6.45) is 0.607. The third-order valence-corrected chi connectivity index (χ3v) is 26.0. The number of para-hydroxylation sites is 5. The van der Waals surface area contributed by atoms with Crippen molar-refractivity contribution in [3.05, 3.63) is 292 Å². The molecule has 7 N–H and O–H groups in total. The van der Waals surface area contributed by atoms with Crippen molar-refractivity contribution in [3.8, 4) is 34.6 Å². The van der Waals surface area contributed by atoms with E-state index in [2.05, 4.69) is 69.0 Å². The van der Waals surface area contributed by atoms with E-state index in [0.29, 0.717) is 70.8 Å². The fourth-order valence-electron chi connectivity index (χ4n) is 15.3. The Balaban J connectivity index is 0.000000131. The Morgan fingerprint density at radius 2 is 0.789 bits per heavy atom. The topological polar surface area (TPSA) is 555 Å². The summed E-state index contributed by atoms with van der Waals surface area (Å²) < 4.78 is 60.9. The number of oxazole rings is 2. The number of ketones is 5. The van der Waals surface area contributed by atoms with E-state index in [1.54, 1.807) is 90.3 Å². The molecular weight excluding hydrogens is 1940 g/mol. The first kappa shape index (κ1) is 98.9. The van der Waals surface area contributed by atoms with Crippen LogP contribution >= 0.6 is 56.7 Å². The third-order valence-electron chi connectivity index (χ3n) is 21.8. The number of ether oxygens (including phenoxy) is 9. The van der Waals surface area contributed by atoms with Crippen molar-refractivity contribution in [2.24, 2.45) is 0 Å². The lowest BCUT2D eigenvalue weighted by molar-refractivity contribution is -0.267. The molecule has 10 unspecified atom stereocenters. The highest BCUT2D eigenvalue weighted by atomic mass is 32.1. The van der Waals surface area contributed by atoms with Gasteiger partial charge < -0.3 is 96.0 Å². The Kier molecular flexibility index (Phi) is 30.6. The number of fused-ring (bicyclic) bond motifs is 5. The van der Waals surface area contributed by atoms with Gasteiger partial charge in [-0.25, -0.2) is 49.3 Å². The minimum absolute atomic E-state index is 0.0184. The van der Waals surface area contributed by atoms with Crippen LogP contribution in [0, 0.1) is 0 Å². The molecule has 18 aromatic rings. The van der Waals surface area contributed by atoms with E-state index in [1.807, 2.05) is 96.4 Å². The van der Waals surface area contributed by atoms with Crippen LogP contribution in [0.3, 0.4) is 0 Å². The Bertz CT molecular complexity index is 7750. The molecule has 2 saturated heterocycles. The number of aromatic nitrogens is 13. The Hall–Kier alpha value is -16.1. The molecule has 2 aliphatic rings. The highest BCUT2D eigenvalue weighted by Gasteiger charge is 2.54. The summed E-state index contributed by atoms with van der Waals surface area (Å²) in [5.74, 6) is -5.62. The standard InChI is InChI=1S/C28H28N2O12S.C20H20N2O8S.C17H11N3O4S.C17H11N3OS.C15H9N3O2S/c1-13(31)38-11-21-23(39-14(2)32)24(40-15(3)33)25(41-16(4)34)27(42-21)30-10-18(17-8-6-7-9-20(17)30)22(35)26-29-19(12-43-26)28(36)37-5;1-29-20(28)11-8-31-18(21-11)14(24)10-6-22(12-5-3-2-4-9(10)12)19-17(27)16(26)15(25)13(7-23)30-19;1-23-17(22)12-7-24-15(19-12)13-8-25-16(20-13)14(21)10-6-18-11-5-3-2-4-9(10)11;21-16(12-9-19-13-6-2-1-5-11(12)13)17-20-15(10-22-17)14-7-3-4-8-18-14;19-13(10-7-17-11-4-2-1-3-9(10)11)15-18-12(8-21-15)14-16-5-6-20-14/h6-10,12,21,23-25,27H,11H2,1-5H3;2-6,8,13,15-17,19,23,25-27H,7H2,1H3;2-8,18H,1H3;1-10,19H;1-8,17H. The number of nitrogens with zero attached hydrogens (tertiary/aromatic N) is 10. The van der Waals surface area contributed by atoms with Crippen LogP contribution < -0.4 is 0 Å². The van der Waals surface area contributed by atoms with Crippen LogP contribution in [0.2, 0.25) is 0 Å². The van der Waals surface area contributed by atoms with Gasteiger partial charge in [0, 0.05) is 135 Å². The number of aromatic amines is 3. The molecule has 0 bridgehead atoms. The van der Waals surface area contributed by atoms with Crippen LogP contribution in [0.4, 0.5) is 0 Å². The van der Waals surface area contributed by atoms with Gasteiger partial charge in [0.15, 0.2) is 72.9 Å². The van der Waals surface area contributed by atoms with Crippen molar-refractivity contribution in [3.63, 3.8) is 0 Å². The van der Waals surface area contributed by atoms with Crippen LogP contribution in [0.25, 0.3) is 89.1 Å². The molecule has 0 spiro atoms. The van der Waals surface area contributed by atoms with E-state index in [4.69, 9.17) is 37.3 Å². The molecule has 0 aliphatic carbocycles. The van der Waals surface area contributed by atoms with Crippen LogP contribution in [-0.2, 0) is 61.8 Å². The summed E-state index contributed by atoms with van der Waals surface area (Å²) in [6, 6.07) is 42.3. The van der Waals surface area contributed by atoms with Crippen molar-refractivity contribution in [1.29, 1.82) is 0 Å². The first-order valence-electron chi connectivity index (χ1n) is 42.6. The molecule has 20 rings (SSSR count). The monoisotopic (exact) mass is 2020 g/mol. The van der Waals surface area contributed by atoms with Gasteiger partial charge in [-0.1, -0.05) is 97.1 Å². The Labute approximate surface area is 820 Å². The second kappa shape index (κ2) is 43.9. The number of hydrogen-bond donors (Lipinski definition) is 7. The summed E-state index contributed by atoms with van der Waals surface area (Å²) in [5, 5.41) is 53.3. The average Bonchev–Trinajstić information content (AvgIpc) is 1.57. The first-order chi connectivity index (χ1) is 68.6. The number of rotatable bonds is 24. The number of aliphatic hydroxyl groups excluding tert-OH is 4. The minimum Gasteiger partial charge on any atom is -0.464 e. The highest BCUT2D eigenvalue weighted by molar-refractivity contribution is 7.13. The Morgan fingerprint density at radius 3 is 1.25 bits per heavy atom. The number of methoxy groups -OCH3 is 3. The predicted molar refractivity (Wildman–Crippen MR) is 511 cm³/mol. The van der Waals surface area contributed by atoms with E-state index in [1.165, 1.54) is 107 Å². The number of benzene rings is 5. The minimum atomic E-state index is -1.56. The molecule has 0 saturated carbocycles. The molecule has 15 heterocycles. The van der Waals surface area contributed by atoms with Crippen molar-refractivity contribution < 1.29 is 129 Å². The second-order valence-corrected chi connectivity index (χ2v) is 35.2. The van der Waals surface area contributed by atoms with Crippen LogP contribution in [0.1, 0.15) is 148 Å². The number of carbonyl (C=O) groups excluding carboxylic acids is 12. The molecule has 2 aliphatic heterocycles. The van der Waals surface area contributed by atoms with Crippen LogP contribution in [0.5, 0.6) is 0 Å². The predicted octanol–water partition coefficient (Wildman–Crippen LogP) is 13.2. The van der Waals surface area contributed by atoms with E-state index in [-0.39, 0.29) is 61.5 Å². The maximum absolute atomic E-state index is 13.6. The maximum atomic E-state index is 13.6. The zero-order valence-electron chi connectivity index (χ0n) is 75.2. The third kappa shape index (κ3) is 21.4. The van der Waals surface area contributed by atoms with Crippen molar-refractivity contribution in [2.45, 2.75) is 89.0 Å². The molecule has 10 atom stereocenters. The van der Waals surface area contributed by atoms with Crippen LogP contribution in [0.15, 0.2) is 231 Å². The Morgan fingerprint density at radius 1 is 0.380 bits per heavy atom. The van der Waals surface area contributed by atoms with Crippen molar-refractivity contribution >= 4 is 182 Å². The fourth-order valence-corrected chi connectivity index (χ4v) is 19.1. The second-order valence-electron chi connectivity index (χ2n) is 30.9. The van der Waals surface area contributed by atoms with Gasteiger partial charge in [0.25, 0.3) is 0 Å². The number of aliphatic hydroxyl groups is 4. The van der Waals surface area contributed by atoms with Gasteiger partial charge in [-0.2, -0.15) is 0 Å². The zero-order valence-corrected chi connectivity index (χ0v) is 79.3. The van der Waals surface area contributed by atoms with Gasteiger partial charge in [-0.15, -0.1) is 56.7 Å². The van der Waals surface area contributed by atoms with Crippen molar-refractivity contribution in [2.75, 3.05) is 34.5 Å². The quantitative estimate of drug-likeness (QED) is 0.0168. The normalized spacial score (nSPS) is 17.5. The number of nitrogens with one attached hydrogen (secondary N) is 3. The molecule has 5 aromatic carbocycles.